The number of hydrogen-bond acceptors (Lipinski definition) is 4. The van der Waals surface area contributed by atoms with Crippen LogP contribution >= 0.6 is 11.3 Å². The number of fused-ring (bicyclic) bond motifs is 1. The topological polar surface area (TPSA) is 76.0 Å². The van der Waals surface area contributed by atoms with Gasteiger partial charge in [0, 0.05) is 13.2 Å². The SMILES string of the molecule is Cn1c(C(=O)NCC(=O)Nc2cccnc2)cc2sccc21. The molecule has 3 aromatic heterocycles. The quantitative estimate of drug-likeness (QED) is 0.773. The first-order valence-electron chi connectivity index (χ1n) is 6.66. The molecular weight excluding hydrogens is 300 g/mol. The van der Waals surface area contributed by atoms with Crippen LogP contribution in [0.25, 0.3) is 10.2 Å². The summed E-state index contributed by atoms with van der Waals surface area (Å²) in [5, 5.41) is 7.27. The van der Waals surface area contributed by atoms with Gasteiger partial charge in [0.15, 0.2) is 0 Å². The molecule has 0 aromatic carbocycles. The van der Waals surface area contributed by atoms with Gasteiger partial charge in [-0.05, 0) is 29.6 Å². The number of hydrogen-bond donors (Lipinski definition) is 2. The number of aryl methyl sites for hydroxylation is 1. The van der Waals surface area contributed by atoms with Crippen LogP contribution in [0, 0.1) is 0 Å². The number of nitrogens with one attached hydrogen (secondary N) is 2. The van der Waals surface area contributed by atoms with Gasteiger partial charge in [-0.2, -0.15) is 0 Å². The third-order valence-electron chi connectivity index (χ3n) is 3.25. The van der Waals surface area contributed by atoms with Gasteiger partial charge in [0.1, 0.15) is 5.69 Å². The maximum atomic E-state index is 12.2. The number of aromatic nitrogens is 2. The van der Waals surface area contributed by atoms with E-state index in [0.29, 0.717) is 11.4 Å². The number of anilines is 1. The second kappa shape index (κ2) is 5.98. The third kappa shape index (κ3) is 2.84. The molecule has 3 aromatic rings. The zero-order valence-corrected chi connectivity index (χ0v) is 12.7. The van der Waals surface area contributed by atoms with Gasteiger partial charge in [0.2, 0.25) is 5.91 Å². The Hall–Kier alpha value is -2.67. The van der Waals surface area contributed by atoms with Gasteiger partial charge in [-0.15, -0.1) is 11.3 Å². The van der Waals surface area contributed by atoms with Crippen LogP contribution in [0.2, 0.25) is 0 Å². The fourth-order valence-corrected chi connectivity index (χ4v) is 3.01. The molecule has 22 heavy (non-hydrogen) atoms. The fraction of sp³-hybridized carbons (Fsp3) is 0.133. The summed E-state index contributed by atoms with van der Waals surface area (Å²) in [5.41, 5.74) is 2.15. The minimum atomic E-state index is -0.294. The summed E-state index contributed by atoms with van der Waals surface area (Å²) in [5.74, 6) is -0.565. The average Bonchev–Trinajstić information content (AvgIpc) is 3.09. The molecule has 0 saturated carbocycles. The molecule has 0 fully saturated rings. The first-order chi connectivity index (χ1) is 10.6. The van der Waals surface area contributed by atoms with E-state index in [0.717, 1.165) is 10.2 Å². The Kier molecular flexibility index (Phi) is 3.88. The van der Waals surface area contributed by atoms with Crippen molar-refractivity contribution >= 4 is 39.1 Å². The molecule has 0 radical (unpaired) electrons. The Morgan fingerprint density at radius 3 is 2.95 bits per heavy atom. The molecule has 0 atom stereocenters. The van der Waals surface area contributed by atoms with E-state index in [1.54, 1.807) is 35.9 Å². The molecule has 0 aliphatic heterocycles. The lowest BCUT2D eigenvalue weighted by Gasteiger charge is -2.07. The number of carbonyl (C=O) groups is 2. The predicted molar refractivity (Wildman–Crippen MR) is 86.0 cm³/mol. The van der Waals surface area contributed by atoms with Gasteiger partial charge in [-0.3, -0.25) is 14.6 Å². The van der Waals surface area contributed by atoms with Crippen molar-refractivity contribution in [1.82, 2.24) is 14.9 Å². The first kappa shape index (κ1) is 14.3. The van der Waals surface area contributed by atoms with Gasteiger partial charge < -0.3 is 15.2 Å². The van der Waals surface area contributed by atoms with Crippen molar-refractivity contribution in [3.8, 4) is 0 Å². The number of amides is 2. The maximum absolute atomic E-state index is 12.2. The van der Waals surface area contributed by atoms with Crippen LogP contribution in [0.5, 0.6) is 0 Å². The van der Waals surface area contributed by atoms with Crippen molar-refractivity contribution in [1.29, 1.82) is 0 Å². The Labute approximate surface area is 130 Å². The van der Waals surface area contributed by atoms with Crippen molar-refractivity contribution < 1.29 is 9.59 Å². The van der Waals surface area contributed by atoms with Crippen molar-refractivity contribution in [2.24, 2.45) is 7.05 Å². The highest BCUT2D eigenvalue weighted by atomic mass is 32.1. The van der Waals surface area contributed by atoms with Crippen LogP contribution in [0.3, 0.4) is 0 Å². The minimum Gasteiger partial charge on any atom is -0.342 e. The van der Waals surface area contributed by atoms with Crippen molar-refractivity contribution in [2.75, 3.05) is 11.9 Å². The zero-order valence-electron chi connectivity index (χ0n) is 11.9. The summed E-state index contributed by atoms with van der Waals surface area (Å²) < 4.78 is 2.87. The van der Waals surface area contributed by atoms with Crippen molar-refractivity contribution in [3.63, 3.8) is 0 Å². The molecule has 3 heterocycles. The third-order valence-corrected chi connectivity index (χ3v) is 4.10. The zero-order chi connectivity index (χ0) is 15.5. The minimum absolute atomic E-state index is 0.0907. The number of nitrogens with zero attached hydrogens (tertiary/aromatic N) is 2. The summed E-state index contributed by atoms with van der Waals surface area (Å²) >= 11 is 1.58. The van der Waals surface area contributed by atoms with Gasteiger partial charge in [-0.1, -0.05) is 0 Å². The number of pyridine rings is 1. The molecule has 0 bridgehead atoms. The lowest BCUT2D eigenvalue weighted by Crippen LogP contribution is -2.33. The van der Waals surface area contributed by atoms with Gasteiger partial charge in [-0.25, -0.2) is 0 Å². The summed E-state index contributed by atoms with van der Waals surface area (Å²) in [6.45, 7) is -0.0907. The van der Waals surface area contributed by atoms with Crippen LogP contribution in [-0.2, 0) is 11.8 Å². The van der Waals surface area contributed by atoms with E-state index in [1.807, 2.05) is 29.1 Å². The van der Waals surface area contributed by atoms with Crippen LogP contribution in [0.4, 0.5) is 5.69 Å². The molecule has 0 saturated heterocycles. The van der Waals surface area contributed by atoms with Crippen LogP contribution in [-0.4, -0.2) is 27.9 Å². The lowest BCUT2D eigenvalue weighted by molar-refractivity contribution is -0.115. The average molecular weight is 314 g/mol. The van der Waals surface area contributed by atoms with E-state index >= 15 is 0 Å². The molecule has 2 N–H and O–H groups in total. The molecule has 112 valence electrons. The van der Waals surface area contributed by atoms with E-state index in [9.17, 15) is 9.59 Å². The highest BCUT2D eigenvalue weighted by Gasteiger charge is 2.14. The van der Waals surface area contributed by atoms with Crippen LogP contribution < -0.4 is 10.6 Å². The molecule has 0 spiro atoms. The lowest BCUT2D eigenvalue weighted by atomic mass is 10.4. The largest absolute Gasteiger partial charge is 0.342 e. The van der Waals surface area contributed by atoms with E-state index in [4.69, 9.17) is 0 Å². The molecule has 2 amide bonds. The maximum Gasteiger partial charge on any atom is 0.268 e. The van der Waals surface area contributed by atoms with Crippen LogP contribution in [0.15, 0.2) is 42.0 Å². The van der Waals surface area contributed by atoms with Crippen LogP contribution in [0.1, 0.15) is 10.5 Å². The summed E-state index contributed by atoms with van der Waals surface area (Å²) in [7, 11) is 1.83. The highest BCUT2D eigenvalue weighted by Crippen LogP contribution is 2.23. The second-order valence-electron chi connectivity index (χ2n) is 4.73. The molecule has 3 rings (SSSR count). The Bertz CT molecular complexity index is 823. The smallest absolute Gasteiger partial charge is 0.268 e. The standard InChI is InChI=1S/C15H14N4O2S/c1-19-11-4-6-22-13(11)7-12(19)15(21)17-9-14(20)18-10-3-2-5-16-8-10/h2-8H,9H2,1H3,(H,17,21)(H,18,20). The van der Waals surface area contributed by atoms with Gasteiger partial charge in [0.25, 0.3) is 5.91 Å². The molecule has 6 nitrogen and oxygen atoms in total. The van der Waals surface area contributed by atoms with E-state index < -0.39 is 0 Å². The van der Waals surface area contributed by atoms with Crippen molar-refractivity contribution in [3.05, 3.63) is 47.7 Å². The van der Waals surface area contributed by atoms with E-state index in [-0.39, 0.29) is 18.4 Å². The molecule has 0 unspecified atom stereocenters. The number of thiophene rings is 1. The molecule has 0 aliphatic carbocycles. The Balaban J connectivity index is 1.61. The molecule has 0 aliphatic rings. The summed E-state index contributed by atoms with van der Waals surface area (Å²) in [6, 6.07) is 7.25. The fourth-order valence-electron chi connectivity index (χ4n) is 2.16. The summed E-state index contributed by atoms with van der Waals surface area (Å²) in [4.78, 5) is 27.9. The first-order valence-corrected chi connectivity index (χ1v) is 7.54. The second-order valence-corrected chi connectivity index (χ2v) is 5.68. The monoisotopic (exact) mass is 314 g/mol. The molecule has 7 heteroatoms. The molecular formula is C15H14N4O2S. The van der Waals surface area contributed by atoms with E-state index in [1.165, 1.54) is 0 Å². The predicted octanol–water partition coefficient (Wildman–Crippen LogP) is 2.00. The van der Waals surface area contributed by atoms with E-state index in [2.05, 4.69) is 15.6 Å². The summed E-state index contributed by atoms with van der Waals surface area (Å²) in [6.07, 6.45) is 3.17. The Morgan fingerprint density at radius 2 is 2.23 bits per heavy atom. The number of carbonyl (C=O) groups excluding carboxylic acids is 2. The highest BCUT2D eigenvalue weighted by molar-refractivity contribution is 7.17. The normalized spacial score (nSPS) is 10.6. The van der Waals surface area contributed by atoms with Crippen molar-refractivity contribution in [2.45, 2.75) is 0 Å². The van der Waals surface area contributed by atoms with Gasteiger partial charge >= 0.3 is 0 Å². The van der Waals surface area contributed by atoms with Gasteiger partial charge in [0.05, 0.1) is 28.6 Å². The Morgan fingerprint density at radius 1 is 1.36 bits per heavy atom. The number of rotatable bonds is 4.